The molecule has 23 heavy (non-hydrogen) atoms. The van der Waals surface area contributed by atoms with Crippen molar-refractivity contribution in [1.82, 2.24) is 9.80 Å². The number of nitrogens with zero attached hydrogens (tertiary/aromatic N) is 2. The number of likely N-dealkylation sites (N-methyl/N-ethyl adjacent to an activating group) is 1. The zero-order valence-electron chi connectivity index (χ0n) is 12.7. The van der Waals surface area contributed by atoms with E-state index < -0.39 is 0 Å². The Hall–Kier alpha value is -1.64. The summed E-state index contributed by atoms with van der Waals surface area (Å²) in [5.41, 5.74) is 0. The summed E-state index contributed by atoms with van der Waals surface area (Å²) in [5, 5.41) is 8.94. The highest BCUT2D eigenvalue weighted by Crippen LogP contribution is 2.32. The third kappa shape index (κ3) is 4.43. The van der Waals surface area contributed by atoms with Gasteiger partial charge in [-0.05, 0) is 19.1 Å². The molecule has 1 saturated heterocycles. The molecule has 124 valence electrons. The fourth-order valence-corrected chi connectivity index (χ4v) is 3.43. The van der Waals surface area contributed by atoms with Crippen molar-refractivity contribution in [3.05, 3.63) is 29.1 Å². The van der Waals surface area contributed by atoms with Crippen LogP contribution in [0.3, 0.4) is 0 Å². The third-order valence-electron chi connectivity index (χ3n) is 3.34. The van der Waals surface area contributed by atoms with E-state index in [4.69, 9.17) is 21.7 Å². The molecule has 2 rings (SSSR count). The molecule has 0 aliphatic carbocycles. The molecule has 0 atom stereocenters. The first kappa shape index (κ1) is 17.7. The van der Waals surface area contributed by atoms with Gasteiger partial charge in [0.2, 0.25) is 5.91 Å². The Morgan fingerprint density at radius 3 is 2.96 bits per heavy atom. The second-order valence-corrected chi connectivity index (χ2v) is 6.47. The van der Waals surface area contributed by atoms with Crippen LogP contribution in [0.25, 0.3) is 6.08 Å². The number of amides is 2. The Bertz CT molecular complexity index is 613. The number of thiocarbonyl (C=S) groups is 1. The molecule has 0 saturated carbocycles. The lowest BCUT2D eigenvalue weighted by Crippen LogP contribution is -2.37. The van der Waals surface area contributed by atoms with Crippen LogP contribution in [0.1, 0.15) is 19.1 Å². The van der Waals surface area contributed by atoms with Gasteiger partial charge in [-0.2, -0.15) is 0 Å². The molecule has 2 amide bonds. The lowest BCUT2D eigenvalue weighted by atomic mass is 10.3. The monoisotopic (exact) mass is 354 g/mol. The summed E-state index contributed by atoms with van der Waals surface area (Å²) in [4.78, 5) is 27.9. The number of hydrogen-bond acceptors (Lipinski definition) is 6. The number of furan rings is 1. The van der Waals surface area contributed by atoms with Crippen molar-refractivity contribution in [3.8, 4) is 0 Å². The van der Waals surface area contributed by atoms with Crippen LogP contribution in [0.15, 0.2) is 27.7 Å². The van der Waals surface area contributed by atoms with Crippen LogP contribution < -0.4 is 0 Å². The van der Waals surface area contributed by atoms with Crippen molar-refractivity contribution in [2.24, 2.45) is 0 Å². The standard InChI is InChI=1S/C15H18N2O4S2/c1-2-16(7-8-18)13(19)5-6-17-14(20)12(23-15(17)22)10-11-4-3-9-21-11/h3-4,9-10,18H,2,5-8H2,1H3/b12-10+. The van der Waals surface area contributed by atoms with E-state index in [0.29, 0.717) is 28.1 Å². The van der Waals surface area contributed by atoms with E-state index in [9.17, 15) is 9.59 Å². The van der Waals surface area contributed by atoms with E-state index >= 15 is 0 Å². The lowest BCUT2D eigenvalue weighted by Gasteiger charge is -2.21. The maximum Gasteiger partial charge on any atom is 0.266 e. The first-order chi connectivity index (χ1) is 11.1. The van der Waals surface area contributed by atoms with Crippen LogP contribution in [0.2, 0.25) is 0 Å². The topological polar surface area (TPSA) is 74.0 Å². The van der Waals surface area contributed by atoms with Crippen LogP contribution in [0.5, 0.6) is 0 Å². The molecule has 0 bridgehead atoms. The van der Waals surface area contributed by atoms with Gasteiger partial charge in [0.15, 0.2) is 0 Å². The molecule has 8 heteroatoms. The predicted octanol–water partition coefficient (Wildman–Crippen LogP) is 1.71. The molecule has 0 spiro atoms. The minimum Gasteiger partial charge on any atom is -0.465 e. The number of rotatable bonds is 7. The number of aliphatic hydroxyl groups is 1. The highest BCUT2D eigenvalue weighted by atomic mass is 32.2. The third-order valence-corrected chi connectivity index (χ3v) is 4.72. The average Bonchev–Trinajstić information content (AvgIpc) is 3.12. The molecule has 0 unspecified atom stereocenters. The molecule has 1 fully saturated rings. The molecule has 6 nitrogen and oxygen atoms in total. The smallest absolute Gasteiger partial charge is 0.266 e. The fourth-order valence-electron chi connectivity index (χ4n) is 2.14. The number of carbonyl (C=O) groups is 2. The number of carbonyl (C=O) groups excluding carboxylic acids is 2. The summed E-state index contributed by atoms with van der Waals surface area (Å²) in [5.74, 6) is 0.265. The Morgan fingerprint density at radius 1 is 1.57 bits per heavy atom. The SMILES string of the molecule is CCN(CCO)C(=O)CCN1C(=O)/C(=C\c2ccco2)SC1=S. The minimum atomic E-state index is -0.214. The van der Waals surface area contributed by atoms with E-state index in [1.807, 2.05) is 6.92 Å². The van der Waals surface area contributed by atoms with Crippen LogP contribution in [-0.4, -0.2) is 57.3 Å². The lowest BCUT2D eigenvalue weighted by molar-refractivity contribution is -0.132. The number of thioether (sulfide) groups is 1. The summed E-state index contributed by atoms with van der Waals surface area (Å²) in [7, 11) is 0. The summed E-state index contributed by atoms with van der Waals surface area (Å²) >= 11 is 6.42. The number of aliphatic hydroxyl groups excluding tert-OH is 1. The second-order valence-electron chi connectivity index (χ2n) is 4.80. The van der Waals surface area contributed by atoms with Gasteiger partial charge in [0.25, 0.3) is 5.91 Å². The van der Waals surface area contributed by atoms with Gasteiger partial charge in [0.05, 0.1) is 17.8 Å². The average molecular weight is 354 g/mol. The first-order valence-electron chi connectivity index (χ1n) is 7.24. The quantitative estimate of drug-likeness (QED) is 0.594. The predicted molar refractivity (Wildman–Crippen MR) is 92.5 cm³/mol. The van der Waals surface area contributed by atoms with Crippen LogP contribution in [0, 0.1) is 0 Å². The highest BCUT2D eigenvalue weighted by molar-refractivity contribution is 8.26. The van der Waals surface area contributed by atoms with Gasteiger partial charge >= 0.3 is 0 Å². The fraction of sp³-hybridized carbons (Fsp3) is 0.400. The zero-order valence-corrected chi connectivity index (χ0v) is 14.4. The van der Waals surface area contributed by atoms with Gasteiger partial charge < -0.3 is 14.4 Å². The Morgan fingerprint density at radius 2 is 2.35 bits per heavy atom. The Labute approximate surface area is 144 Å². The largest absolute Gasteiger partial charge is 0.465 e. The molecular weight excluding hydrogens is 336 g/mol. The zero-order chi connectivity index (χ0) is 16.8. The molecule has 0 radical (unpaired) electrons. The van der Waals surface area contributed by atoms with Crippen LogP contribution in [-0.2, 0) is 9.59 Å². The molecule has 1 aromatic rings. The van der Waals surface area contributed by atoms with Gasteiger partial charge in [0, 0.05) is 32.1 Å². The summed E-state index contributed by atoms with van der Waals surface area (Å²) in [6, 6.07) is 3.50. The normalized spacial score (nSPS) is 16.4. The van der Waals surface area contributed by atoms with E-state index in [1.54, 1.807) is 23.1 Å². The van der Waals surface area contributed by atoms with Gasteiger partial charge in [0.1, 0.15) is 10.1 Å². The molecule has 1 aliphatic heterocycles. The first-order valence-corrected chi connectivity index (χ1v) is 8.46. The van der Waals surface area contributed by atoms with E-state index in [1.165, 1.54) is 22.9 Å². The van der Waals surface area contributed by atoms with Crippen molar-refractivity contribution >= 4 is 46.2 Å². The highest BCUT2D eigenvalue weighted by Gasteiger charge is 2.32. The molecule has 0 aromatic carbocycles. The van der Waals surface area contributed by atoms with Crippen molar-refractivity contribution in [2.75, 3.05) is 26.2 Å². The minimum absolute atomic E-state index is 0.0769. The molecule has 1 aromatic heterocycles. The van der Waals surface area contributed by atoms with E-state index in [-0.39, 0.29) is 31.4 Å². The van der Waals surface area contributed by atoms with Crippen molar-refractivity contribution in [3.63, 3.8) is 0 Å². The summed E-state index contributed by atoms with van der Waals surface area (Å²) in [6.45, 7) is 2.83. The van der Waals surface area contributed by atoms with Gasteiger partial charge in [-0.1, -0.05) is 24.0 Å². The molecule has 1 N–H and O–H groups in total. The van der Waals surface area contributed by atoms with Gasteiger partial charge in [-0.15, -0.1) is 0 Å². The Balaban J connectivity index is 1.97. The van der Waals surface area contributed by atoms with Crippen molar-refractivity contribution in [2.45, 2.75) is 13.3 Å². The van der Waals surface area contributed by atoms with Gasteiger partial charge in [-0.25, -0.2) is 0 Å². The second kappa shape index (κ2) is 8.28. The molecule has 1 aliphatic rings. The van der Waals surface area contributed by atoms with E-state index in [2.05, 4.69) is 0 Å². The number of hydrogen-bond donors (Lipinski definition) is 1. The van der Waals surface area contributed by atoms with E-state index in [0.717, 1.165) is 0 Å². The molecular formula is C15H18N2O4S2. The van der Waals surface area contributed by atoms with Crippen molar-refractivity contribution < 1.29 is 19.1 Å². The maximum atomic E-state index is 12.4. The summed E-state index contributed by atoms with van der Waals surface area (Å²) < 4.78 is 5.63. The van der Waals surface area contributed by atoms with Crippen LogP contribution >= 0.6 is 24.0 Å². The molecule has 2 heterocycles. The van der Waals surface area contributed by atoms with Crippen molar-refractivity contribution in [1.29, 1.82) is 0 Å². The van der Waals surface area contributed by atoms with Gasteiger partial charge in [-0.3, -0.25) is 14.5 Å². The maximum absolute atomic E-state index is 12.4. The summed E-state index contributed by atoms with van der Waals surface area (Å²) in [6.07, 6.45) is 3.35. The Kier molecular flexibility index (Phi) is 6.37. The van der Waals surface area contributed by atoms with Crippen LogP contribution in [0.4, 0.5) is 0 Å².